The van der Waals surface area contributed by atoms with E-state index in [-0.39, 0.29) is 18.9 Å². The quantitative estimate of drug-likeness (QED) is 0.643. The molecular weight excluding hydrogens is 306 g/mol. The lowest BCUT2D eigenvalue weighted by Gasteiger charge is -2.22. The fourth-order valence-corrected chi connectivity index (χ4v) is 1.86. The van der Waals surface area contributed by atoms with Crippen molar-refractivity contribution >= 4 is 23.7 Å². The van der Waals surface area contributed by atoms with Crippen LogP contribution in [0, 0.1) is 0 Å². The molecule has 5 nitrogen and oxygen atoms in total. The summed E-state index contributed by atoms with van der Waals surface area (Å²) in [5, 5.41) is 2.49. The van der Waals surface area contributed by atoms with Gasteiger partial charge in [-0.15, -0.1) is 11.6 Å². The van der Waals surface area contributed by atoms with Crippen LogP contribution in [0.25, 0.3) is 0 Å². The first-order valence-electron chi connectivity index (χ1n) is 7.08. The molecule has 0 fully saturated rings. The number of alkyl halides is 1. The van der Waals surface area contributed by atoms with Gasteiger partial charge in [-0.05, 0) is 32.8 Å². The van der Waals surface area contributed by atoms with Gasteiger partial charge in [-0.3, -0.25) is 0 Å². The van der Waals surface area contributed by atoms with E-state index in [1.807, 2.05) is 30.3 Å². The minimum absolute atomic E-state index is 0.147. The largest absolute Gasteiger partial charge is 0.459 e. The van der Waals surface area contributed by atoms with Gasteiger partial charge in [0.15, 0.2) is 0 Å². The van der Waals surface area contributed by atoms with Crippen LogP contribution in [0.4, 0.5) is 4.79 Å². The highest BCUT2D eigenvalue weighted by Crippen LogP contribution is 2.09. The van der Waals surface area contributed by atoms with Gasteiger partial charge in [0.25, 0.3) is 0 Å². The Morgan fingerprint density at radius 1 is 1.23 bits per heavy atom. The van der Waals surface area contributed by atoms with Crippen molar-refractivity contribution in [1.82, 2.24) is 5.32 Å². The molecule has 0 aliphatic carbocycles. The van der Waals surface area contributed by atoms with Crippen molar-refractivity contribution < 1.29 is 19.1 Å². The Hall–Kier alpha value is -1.75. The fourth-order valence-electron chi connectivity index (χ4n) is 1.64. The van der Waals surface area contributed by atoms with Gasteiger partial charge < -0.3 is 14.8 Å². The molecule has 0 aromatic heterocycles. The lowest BCUT2D eigenvalue weighted by atomic mass is 10.2. The van der Waals surface area contributed by atoms with E-state index in [0.29, 0.717) is 0 Å². The highest BCUT2D eigenvalue weighted by Gasteiger charge is 2.25. The first-order valence-corrected chi connectivity index (χ1v) is 7.61. The van der Waals surface area contributed by atoms with E-state index in [4.69, 9.17) is 21.1 Å². The van der Waals surface area contributed by atoms with E-state index in [1.165, 1.54) is 0 Å². The van der Waals surface area contributed by atoms with Crippen LogP contribution in [0.2, 0.25) is 0 Å². The number of hydrogen-bond acceptors (Lipinski definition) is 4. The SMILES string of the molecule is CC(C)(C)OC(=O)N[C@@H](CCCl)C(=O)OCc1ccccc1. The molecule has 6 heteroatoms. The Morgan fingerprint density at radius 3 is 2.41 bits per heavy atom. The third-order valence-corrected chi connectivity index (χ3v) is 2.82. The molecule has 1 rings (SSSR count). The first kappa shape index (κ1) is 18.3. The molecule has 0 unspecified atom stereocenters. The van der Waals surface area contributed by atoms with Crippen molar-refractivity contribution in [2.75, 3.05) is 5.88 Å². The molecule has 0 saturated heterocycles. The molecule has 0 aliphatic rings. The lowest BCUT2D eigenvalue weighted by molar-refractivity contribution is -0.147. The van der Waals surface area contributed by atoms with Crippen molar-refractivity contribution in [2.45, 2.75) is 45.4 Å². The second-order valence-corrected chi connectivity index (χ2v) is 6.15. The maximum atomic E-state index is 12.1. The van der Waals surface area contributed by atoms with Gasteiger partial charge in [0.05, 0.1) is 0 Å². The zero-order valence-corrected chi connectivity index (χ0v) is 13.9. The third-order valence-electron chi connectivity index (χ3n) is 2.60. The minimum atomic E-state index is -0.823. The predicted molar refractivity (Wildman–Crippen MR) is 84.7 cm³/mol. The number of carbonyl (C=O) groups is 2. The number of carbonyl (C=O) groups excluding carboxylic acids is 2. The number of alkyl carbamates (subject to hydrolysis) is 1. The van der Waals surface area contributed by atoms with Crippen LogP contribution >= 0.6 is 11.6 Å². The number of amides is 1. The monoisotopic (exact) mass is 327 g/mol. The second kappa shape index (κ2) is 8.63. The summed E-state index contributed by atoms with van der Waals surface area (Å²) in [5.74, 6) is -0.309. The number of benzene rings is 1. The van der Waals surface area contributed by atoms with Crippen molar-refractivity contribution in [3.05, 3.63) is 35.9 Å². The van der Waals surface area contributed by atoms with Crippen LogP contribution in [0.3, 0.4) is 0 Å². The number of halogens is 1. The van der Waals surface area contributed by atoms with Crippen LogP contribution in [0.15, 0.2) is 30.3 Å². The maximum absolute atomic E-state index is 12.1. The van der Waals surface area contributed by atoms with E-state index in [1.54, 1.807) is 20.8 Å². The molecule has 0 radical (unpaired) electrons. The molecule has 0 saturated carbocycles. The van der Waals surface area contributed by atoms with Gasteiger partial charge >= 0.3 is 12.1 Å². The number of esters is 1. The third kappa shape index (κ3) is 7.31. The van der Waals surface area contributed by atoms with Crippen LogP contribution in [-0.4, -0.2) is 29.6 Å². The van der Waals surface area contributed by atoms with Crippen LogP contribution < -0.4 is 5.32 Å². The predicted octanol–water partition coefficient (Wildman–Crippen LogP) is 3.25. The molecule has 1 aromatic rings. The van der Waals surface area contributed by atoms with Crippen molar-refractivity contribution in [1.29, 1.82) is 0 Å². The normalized spacial score (nSPS) is 12.4. The molecule has 122 valence electrons. The van der Waals surface area contributed by atoms with Gasteiger partial charge in [-0.2, -0.15) is 0 Å². The van der Waals surface area contributed by atoms with E-state index < -0.39 is 23.7 Å². The average molecular weight is 328 g/mol. The van der Waals surface area contributed by atoms with Gasteiger partial charge in [-0.1, -0.05) is 30.3 Å². The smallest absolute Gasteiger partial charge is 0.408 e. The number of hydrogen-bond donors (Lipinski definition) is 1. The average Bonchev–Trinajstić information content (AvgIpc) is 2.43. The zero-order chi connectivity index (χ0) is 16.6. The molecule has 1 N–H and O–H groups in total. The summed E-state index contributed by atoms with van der Waals surface area (Å²) in [5.41, 5.74) is 0.238. The zero-order valence-electron chi connectivity index (χ0n) is 13.1. The standard InChI is InChI=1S/C16H22ClNO4/c1-16(2,3)22-15(20)18-13(9-10-17)14(19)21-11-12-7-5-4-6-8-12/h4-8,13H,9-11H2,1-3H3,(H,18,20)/t13-/m0/s1. The Bertz CT molecular complexity index is 485. The molecule has 0 spiro atoms. The molecule has 0 bridgehead atoms. The molecule has 1 amide bonds. The number of rotatable bonds is 6. The highest BCUT2D eigenvalue weighted by atomic mass is 35.5. The highest BCUT2D eigenvalue weighted by molar-refractivity contribution is 6.18. The second-order valence-electron chi connectivity index (χ2n) is 5.77. The fraction of sp³-hybridized carbons (Fsp3) is 0.500. The van der Waals surface area contributed by atoms with Crippen LogP contribution in [0.1, 0.15) is 32.8 Å². The van der Waals surface area contributed by atoms with Crippen LogP contribution in [0.5, 0.6) is 0 Å². The van der Waals surface area contributed by atoms with Gasteiger partial charge in [0.2, 0.25) is 0 Å². The summed E-state index contributed by atoms with van der Waals surface area (Å²) in [6.07, 6.45) is -0.395. The lowest BCUT2D eigenvalue weighted by Crippen LogP contribution is -2.44. The van der Waals surface area contributed by atoms with Gasteiger partial charge in [0, 0.05) is 5.88 Å². The molecular formula is C16H22ClNO4. The molecule has 1 aromatic carbocycles. The topological polar surface area (TPSA) is 64.6 Å². The first-order chi connectivity index (χ1) is 10.3. The van der Waals surface area contributed by atoms with E-state index in [0.717, 1.165) is 5.56 Å². The van der Waals surface area contributed by atoms with Crippen molar-refractivity contribution in [3.8, 4) is 0 Å². The Morgan fingerprint density at radius 2 is 1.86 bits per heavy atom. The Labute approximate surface area is 135 Å². The van der Waals surface area contributed by atoms with Crippen LogP contribution in [-0.2, 0) is 20.9 Å². The molecule has 0 aliphatic heterocycles. The van der Waals surface area contributed by atoms with Gasteiger partial charge in [0.1, 0.15) is 18.2 Å². The number of ether oxygens (including phenoxy) is 2. The van der Waals surface area contributed by atoms with E-state index in [9.17, 15) is 9.59 Å². The summed E-state index contributed by atoms with van der Waals surface area (Å²) in [6, 6.07) is 8.48. The van der Waals surface area contributed by atoms with E-state index >= 15 is 0 Å². The molecule has 1 atom stereocenters. The maximum Gasteiger partial charge on any atom is 0.408 e. The van der Waals surface area contributed by atoms with Gasteiger partial charge in [-0.25, -0.2) is 9.59 Å². The van der Waals surface area contributed by atoms with E-state index in [2.05, 4.69) is 5.32 Å². The Kier molecular flexibility index (Phi) is 7.18. The summed E-state index contributed by atoms with van der Waals surface area (Å²) in [7, 11) is 0. The molecule has 22 heavy (non-hydrogen) atoms. The summed E-state index contributed by atoms with van der Waals surface area (Å²) >= 11 is 5.67. The molecule has 0 heterocycles. The number of nitrogens with one attached hydrogen (secondary N) is 1. The summed E-state index contributed by atoms with van der Waals surface area (Å²) in [4.78, 5) is 23.8. The Balaban J connectivity index is 2.54. The summed E-state index contributed by atoms with van der Waals surface area (Å²) in [6.45, 7) is 5.39. The van der Waals surface area contributed by atoms with Crippen molar-refractivity contribution in [3.63, 3.8) is 0 Å². The summed E-state index contributed by atoms with van der Waals surface area (Å²) < 4.78 is 10.3. The van der Waals surface area contributed by atoms with Crippen molar-refractivity contribution in [2.24, 2.45) is 0 Å². The minimum Gasteiger partial charge on any atom is -0.459 e.